The Bertz CT molecular complexity index is 555. The van der Waals surface area contributed by atoms with Crippen molar-refractivity contribution in [3.63, 3.8) is 0 Å². The number of aryl methyl sites for hydroxylation is 2. The van der Waals surface area contributed by atoms with Crippen molar-refractivity contribution in [3.05, 3.63) is 15.6 Å². The molecule has 0 saturated carbocycles. The first-order chi connectivity index (χ1) is 9.90. The van der Waals surface area contributed by atoms with Crippen LogP contribution in [0.2, 0.25) is 0 Å². The number of nitrogens with zero attached hydrogens (tertiary/aromatic N) is 2. The van der Waals surface area contributed by atoms with Gasteiger partial charge in [0.15, 0.2) is 0 Å². The predicted octanol–water partition coefficient (Wildman–Crippen LogP) is 2.34. The summed E-state index contributed by atoms with van der Waals surface area (Å²) in [4.78, 5) is 32.2. The Morgan fingerprint density at radius 2 is 1.95 bits per heavy atom. The molecule has 21 heavy (non-hydrogen) atoms. The molecule has 0 radical (unpaired) electrons. The van der Waals surface area contributed by atoms with Crippen LogP contribution >= 0.6 is 11.3 Å². The van der Waals surface area contributed by atoms with Crippen molar-refractivity contribution in [2.75, 3.05) is 0 Å². The molecule has 6 heteroatoms. The standard InChI is InChI=1S/C15H23N3O2S/c1-6-11-15(20)18(12(7-2)14(19)17-11)9(4)13-8(3)16-10(5)21-13/h9,11-12H,6-7H2,1-5H3,(H,17,19). The zero-order chi connectivity index (χ0) is 15.7. The van der Waals surface area contributed by atoms with E-state index in [2.05, 4.69) is 10.3 Å². The molecule has 0 spiro atoms. The Balaban J connectivity index is 2.38. The maximum atomic E-state index is 12.7. The quantitative estimate of drug-likeness (QED) is 0.928. The summed E-state index contributed by atoms with van der Waals surface area (Å²) in [6.45, 7) is 9.77. The summed E-state index contributed by atoms with van der Waals surface area (Å²) >= 11 is 1.60. The molecule has 3 unspecified atom stereocenters. The second kappa shape index (κ2) is 6.13. The highest BCUT2D eigenvalue weighted by atomic mass is 32.1. The number of thiazole rings is 1. The Labute approximate surface area is 129 Å². The SMILES string of the molecule is CCC1NC(=O)C(CC)N(C(C)c2sc(C)nc2C)C1=O. The Kier molecular flexibility index (Phi) is 4.66. The maximum Gasteiger partial charge on any atom is 0.246 e. The second-order valence-corrected chi connectivity index (χ2v) is 6.73. The molecular formula is C15H23N3O2S. The van der Waals surface area contributed by atoms with Crippen LogP contribution in [-0.4, -0.2) is 33.8 Å². The number of hydrogen-bond acceptors (Lipinski definition) is 4. The molecule has 2 rings (SSSR count). The van der Waals surface area contributed by atoms with Crippen molar-refractivity contribution in [2.24, 2.45) is 0 Å². The van der Waals surface area contributed by atoms with Crippen LogP contribution in [0.5, 0.6) is 0 Å². The molecule has 1 saturated heterocycles. The van der Waals surface area contributed by atoms with Crippen LogP contribution in [0.15, 0.2) is 0 Å². The summed E-state index contributed by atoms with van der Waals surface area (Å²) in [6.07, 6.45) is 1.24. The zero-order valence-corrected chi connectivity index (χ0v) is 14.1. The summed E-state index contributed by atoms with van der Waals surface area (Å²) in [5.41, 5.74) is 0.951. The van der Waals surface area contributed by atoms with Crippen molar-refractivity contribution >= 4 is 23.2 Å². The van der Waals surface area contributed by atoms with Crippen LogP contribution in [0.25, 0.3) is 0 Å². The Hall–Kier alpha value is -1.43. The van der Waals surface area contributed by atoms with E-state index in [1.54, 1.807) is 16.2 Å². The van der Waals surface area contributed by atoms with E-state index in [0.717, 1.165) is 15.6 Å². The van der Waals surface area contributed by atoms with Gasteiger partial charge >= 0.3 is 0 Å². The highest BCUT2D eigenvalue weighted by Gasteiger charge is 2.42. The summed E-state index contributed by atoms with van der Waals surface area (Å²) in [5, 5.41) is 3.82. The lowest BCUT2D eigenvalue weighted by Crippen LogP contribution is -2.63. The lowest BCUT2D eigenvalue weighted by Gasteiger charge is -2.41. The molecule has 0 bridgehead atoms. The monoisotopic (exact) mass is 309 g/mol. The van der Waals surface area contributed by atoms with Crippen LogP contribution in [0.4, 0.5) is 0 Å². The van der Waals surface area contributed by atoms with Crippen LogP contribution in [0.1, 0.15) is 55.2 Å². The van der Waals surface area contributed by atoms with Crippen LogP contribution in [-0.2, 0) is 9.59 Å². The van der Waals surface area contributed by atoms with Gasteiger partial charge in [0, 0.05) is 4.88 Å². The Morgan fingerprint density at radius 3 is 2.43 bits per heavy atom. The number of hydrogen-bond donors (Lipinski definition) is 1. The molecule has 1 N–H and O–H groups in total. The van der Waals surface area contributed by atoms with Crippen molar-refractivity contribution in [1.29, 1.82) is 0 Å². The van der Waals surface area contributed by atoms with E-state index >= 15 is 0 Å². The average molecular weight is 309 g/mol. The van der Waals surface area contributed by atoms with E-state index in [1.165, 1.54) is 0 Å². The molecule has 2 heterocycles. The smallest absolute Gasteiger partial charge is 0.246 e. The minimum atomic E-state index is -0.405. The molecule has 1 aliphatic rings. The number of carbonyl (C=O) groups is 2. The lowest BCUT2D eigenvalue weighted by molar-refractivity contribution is -0.152. The van der Waals surface area contributed by atoms with E-state index in [4.69, 9.17) is 0 Å². The van der Waals surface area contributed by atoms with Gasteiger partial charge in [-0.2, -0.15) is 0 Å². The summed E-state index contributed by atoms with van der Waals surface area (Å²) in [6, 6.07) is -0.914. The van der Waals surface area contributed by atoms with Crippen LogP contribution in [0, 0.1) is 13.8 Å². The molecule has 1 aromatic heterocycles. The second-order valence-electron chi connectivity index (χ2n) is 5.50. The molecule has 1 aliphatic heterocycles. The number of nitrogens with one attached hydrogen (secondary N) is 1. The lowest BCUT2D eigenvalue weighted by atomic mass is 10.00. The van der Waals surface area contributed by atoms with Crippen molar-refractivity contribution in [2.45, 2.75) is 65.6 Å². The maximum absolute atomic E-state index is 12.7. The first-order valence-corrected chi connectivity index (χ1v) is 8.28. The zero-order valence-electron chi connectivity index (χ0n) is 13.3. The summed E-state index contributed by atoms with van der Waals surface area (Å²) in [5.74, 6) is -0.0309. The fourth-order valence-electron chi connectivity index (χ4n) is 2.97. The topological polar surface area (TPSA) is 62.3 Å². The van der Waals surface area contributed by atoms with Crippen molar-refractivity contribution in [1.82, 2.24) is 15.2 Å². The Morgan fingerprint density at radius 1 is 1.29 bits per heavy atom. The third-order valence-electron chi connectivity index (χ3n) is 4.04. The normalized spacial score (nSPS) is 24.1. The van der Waals surface area contributed by atoms with E-state index in [9.17, 15) is 9.59 Å². The number of piperazine rings is 1. The number of carbonyl (C=O) groups excluding carboxylic acids is 2. The summed E-state index contributed by atoms with van der Waals surface area (Å²) in [7, 11) is 0. The van der Waals surface area contributed by atoms with E-state index in [0.29, 0.717) is 12.8 Å². The van der Waals surface area contributed by atoms with Crippen LogP contribution in [0.3, 0.4) is 0 Å². The van der Waals surface area contributed by atoms with Gasteiger partial charge in [0.05, 0.1) is 16.7 Å². The molecule has 3 atom stereocenters. The van der Waals surface area contributed by atoms with Gasteiger partial charge in [-0.3, -0.25) is 9.59 Å². The molecular weight excluding hydrogens is 286 g/mol. The molecule has 1 fully saturated rings. The van der Waals surface area contributed by atoms with Gasteiger partial charge in [-0.25, -0.2) is 4.98 Å². The summed E-state index contributed by atoms with van der Waals surface area (Å²) < 4.78 is 0. The first kappa shape index (κ1) is 15.9. The largest absolute Gasteiger partial charge is 0.343 e. The van der Waals surface area contributed by atoms with Gasteiger partial charge < -0.3 is 10.2 Å². The minimum Gasteiger partial charge on any atom is -0.343 e. The molecule has 1 aromatic rings. The highest BCUT2D eigenvalue weighted by molar-refractivity contribution is 7.11. The van der Waals surface area contributed by atoms with Gasteiger partial charge in [-0.15, -0.1) is 11.3 Å². The van der Waals surface area contributed by atoms with E-state index < -0.39 is 12.1 Å². The highest BCUT2D eigenvalue weighted by Crippen LogP contribution is 2.33. The first-order valence-electron chi connectivity index (χ1n) is 7.47. The van der Waals surface area contributed by atoms with Gasteiger partial charge in [0.1, 0.15) is 12.1 Å². The third kappa shape index (κ3) is 2.81. The van der Waals surface area contributed by atoms with Crippen molar-refractivity contribution < 1.29 is 9.59 Å². The van der Waals surface area contributed by atoms with Crippen molar-refractivity contribution in [3.8, 4) is 0 Å². The van der Waals surface area contributed by atoms with Gasteiger partial charge in [0.25, 0.3) is 0 Å². The number of amides is 2. The molecule has 0 aromatic carbocycles. The van der Waals surface area contributed by atoms with Crippen LogP contribution < -0.4 is 5.32 Å². The van der Waals surface area contributed by atoms with Gasteiger partial charge in [-0.1, -0.05) is 13.8 Å². The fraction of sp³-hybridized carbons (Fsp3) is 0.667. The number of aromatic nitrogens is 1. The molecule has 5 nitrogen and oxygen atoms in total. The number of rotatable bonds is 4. The molecule has 2 amide bonds. The van der Waals surface area contributed by atoms with Gasteiger partial charge in [-0.05, 0) is 33.6 Å². The van der Waals surface area contributed by atoms with E-state index in [1.807, 2.05) is 34.6 Å². The third-order valence-corrected chi connectivity index (χ3v) is 5.28. The average Bonchev–Trinajstić information content (AvgIpc) is 2.78. The molecule has 0 aliphatic carbocycles. The minimum absolute atomic E-state index is 0.0157. The van der Waals surface area contributed by atoms with Gasteiger partial charge in [0.2, 0.25) is 11.8 Å². The fourth-order valence-corrected chi connectivity index (χ4v) is 3.95. The van der Waals surface area contributed by atoms with E-state index in [-0.39, 0.29) is 17.9 Å². The predicted molar refractivity (Wildman–Crippen MR) is 83.1 cm³/mol. The molecule has 116 valence electrons.